The molecule has 70 heavy (non-hydrogen) atoms. The first kappa shape index (κ1) is 66.0. The fourth-order valence-corrected chi connectivity index (χ4v) is 7.45. The third-order valence-corrected chi connectivity index (χ3v) is 11.7. The number of carbonyl (C=O) groups excluding carboxylic acids is 2. The first-order valence-corrected chi connectivity index (χ1v) is 28.7. The van der Waals surface area contributed by atoms with E-state index in [-0.39, 0.29) is 25.2 Å². The second kappa shape index (κ2) is 59.3. The van der Waals surface area contributed by atoms with Gasteiger partial charge in [-0.15, -0.1) is 0 Å². The Labute approximate surface area is 432 Å². The number of carbonyl (C=O) groups is 2. The van der Waals surface area contributed by atoms with Gasteiger partial charge in [-0.25, -0.2) is 0 Å². The molecule has 0 spiro atoms. The highest BCUT2D eigenvalue weighted by molar-refractivity contribution is 5.70. The van der Waals surface area contributed by atoms with Crippen molar-refractivity contribution in [1.82, 2.24) is 0 Å². The van der Waals surface area contributed by atoms with Crippen LogP contribution in [0.2, 0.25) is 0 Å². The summed E-state index contributed by atoms with van der Waals surface area (Å²) >= 11 is 0. The zero-order valence-corrected chi connectivity index (χ0v) is 45.5. The van der Waals surface area contributed by atoms with Crippen molar-refractivity contribution >= 4 is 11.9 Å². The van der Waals surface area contributed by atoms with Crippen molar-refractivity contribution in [3.63, 3.8) is 0 Å². The van der Waals surface area contributed by atoms with E-state index in [0.717, 1.165) is 109 Å². The molecule has 1 unspecified atom stereocenters. The molecule has 0 radical (unpaired) electrons. The van der Waals surface area contributed by atoms with Crippen molar-refractivity contribution in [2.24, 2.45) is 0 Å². The van der Waals surface area contributed by atoms with E-state index in [0.29, 0.717) is 25.9 Å². The predicted molar refractivity (Wildman–Crippen MR) is 306 cm³/mol. The van der Waals surface area contributed by atoms with Gasteiger partial charge >= 0.3 is 11.9 Å². The van der Waals surface area contributed by atoms with Crippen molar-refractivity contribution in [3.05, 3.63) is 134 Å². The second-order valence-electron chi connectivity index (χ2n) is 18.4. The van der Waals surface area contributed by atoms with Gasteiger partial charge < -0.3 is 14.2 Å². The molecule has 0 aliphatic heterocycles. The Hall–Kier alpha value is -3.96. The molecule has 0 aromatic heterocycles. The van der Waals surface area contributed by atoms with E-state index in [1.807, 2.05) is 0 Å². The average molecular weight is 968 g/mol. The van der Waals surface area contributed by atoms with Crippen molar-refractivity contribution < 1.29 is 23.8 Å². The molecule has 0 aromatic rings. The molecule has 0 fully saturated rings. The van der Waals surface area contributed by atoms with Crippen molar-refractivity contribution in [3.8, 4) is 0 Å². The smallest absolute Gasteiger partial charge is 0.306 e. The summed E-state index contributed by atoms with van der Waals surface area (Å²) in [7, 11) is 0. The highest BCUT2D eigenvalue weighted by Crippen LogP contribution is 2.13. The van der Waals surface area contributed by atoms with Crippen LogP contribution in [0, 0.1) is 0 Å². The van der Waals surface area contributed by atoms with E-state index < -0.39 is 6.10 Å². The van der Waals surface area contributed by atoms with Gasteiger partial charge in [0.15, 0.2) is 6.10 Å². The lowest BCUT2D eigenvalue weighted by molar-refractivity contribution is -0.162. The minimum absolute atomic E-state index is 0.0360. The van der Waals surface area contributed by atoms with Crippen LogP contribution >= 0.6 is 0 Å². The van der Waals surface area contributed by atoms with E-state index >= 15 is 0 Å². The number of hydrogen-bond acceptors (Lipinski definition) is 5. The predicted octanol–water partition coefficient (Wildman–Crippen LogP) is 19.9. The summed E-state index contributed by atoms with van der Waals surface area (Å²) in [4.78, 5) is 25.5. The van der Waals surface area contributed by atoms with Gasteiger partial charge in [-0.1, -0.05) is 231 Å². The van der Waals surface area contributed by atoms with Gasteiger partial charge in [0.1, 0.15) is 6.61 Å². The van der Waals surface area contributed by atoms with Gasteiger partial charge in [-0.05, 0) is 128 Å². The van der Waals surface area contributed by atoms with Gasteiger partial charge in [0, 0.05) is 19.4 Å². The quantitative estimate of drug-likeness (QED) is 0.0345. The van der Waals surface area contributed by atoms with Crippen LogP contribution in [0.3, 0.4) is 0 Å². The molecule has 0 amide bonds. The molecule has 0 aromatic carbocycles. The van der Waals surface area contributed by atoms with Crippen LogP contribution in [0.25, 0.3) is 0 Å². The molecule has 0 saturated heterocycles. The van der Waals surface area contributed by atoms with E-state index in [1.165, 1.54) is 89.9 Å². The lowest BCUT2D eigenvalue weighted by Crippen LogP contribution is -2.30. The molecular formula is C65H106O5. The van der Waals surface area contributed by atoms with Crippen LogP contribution in [-0.2, 0) is 23.8 Å². The van der Waals surface area contributed by atoms with E-state index in [2.05, 4.69) is 154 Å². The Morgan fingerprint density at radius 3 is 1.09 bits per heavy atom. The number of ether oxygens (including phenoxy) is 3. The molecule has 0 rings (SSSR count). The fourth-order valence-electron chi connectivity index (χ4n) is 7.45. The topological polar surface area (TPSA) is 61.8 Å². The zero-order chi connectivity index (χ0) is 50.6. The van der Waals surface area contributed by atoms with Crippen LogP contribution in [0.1, 0.15) is 239 Å². The SMILES string of the molecule is CC/C=C\C/C=C\C/C=C\C/C=C\C/C=C\CCCCCC(=O)OCC(COCCCCCCCCCC/C=C\CCCCCCCC)OC(=O)CCC/C=C\C/C=C\C/C=C\C/C=C\C/C=C\CC. The second-order valence-corrected chi connectivity index (χ2v) is 18.4. The largest absolute Gasteiger partial charge is 0.462 e. The normalized spacial score (nSPS) is 13.2. The average Bonchev–Trinajstić information content (AvgIpc) is 3.36. The molecule has 0 saturated carbocycles. The van der Waals surface area contributed by atoms with Crippen LogP contribution in [-0.4, -0.2) is 37.9 Å². The summed E-state index contributed by atoms with van der Waals surface area (Å²) in [6.45, 7) is 7.49. The van der Waals surface area contributed by atoms with Gasteiger partial charge in [-0.3, -0.25) is 9.59 Å². The maximum Gasteiger partial charge on any atom is 0.306 e. The molecule has 0 aliphatic carbocycles. The lowest BCUT2D eigenvalue weighted by Gasteiger charge is -2.18. The van der Waals surface area contributed by atoms with Crippen molar-refractivity contribution in [2.45, 2.75) is 245 Å². The minimum Gasteiger partial charge on any atom is -0.462 e. The Morgan fingerprint density at radius 1 is 0.329 bits per heavy atom. The van der Waals surface area contributed by atoms with Crippen LogP contribution in [0.15, 0.2) is 134 Å². The van der Waals surface area contributed by atoms with Gasteiger partial charge in [0.25, 0.3) is 0 Å². The molecule has 5 nitrogen and oxygen atoms in total. The van der Waals surface area contributed by atoms with Crippen molar-refractivity contribution in [1.29, 1.82) is 0 Å². The zero-order valence-electron chi connectivity index (χ0n) is 45.5. The monoisotopic (exact) mass is 967 g/mol. The fraction of sp³-hybridized carbons (Fsp3) is 0.631. The van der Waals surface area contributed by atoms with Crippen LogP contribution in [0.5, 0.6) is 0 Å². The highest BCUT2D eigenvalue weighted by atomic mass is 16.6. The Bertz CT molecular complexity index is 1470. The molecule has 0 bridgehead atoms. The number of allylic oxidation sites excluding steroid dienone is 22. The summed E-state index contributed by atoms with van der Waals surface area (Å²) < 4.78 is 17.4. The molecular weight excluding hydrogens is 861 g/mol. The summed E-state index contributed by atoms with van der Waals surface area (Å²) in [5.41, 5.74) is 0. The van der Waals surface area contributed by atoms with Gasteiger partial charge in [-0.2, -0.15) is 0 Å². The molecule has 1 atom stereocenters. The Kier molecular flexibility index (Phi) is 56.0. The van der Waals surface area contributed by atoms with Crippen LogP contribution < -0.4 is 0 Å². The third-order valence-electron chi connectivity index (χ3n) is 11.7. The Morgan fingerprint density at radius 2 is 0.657 bits per heavy atom. The Balaban J connectivity index is 4.46. The number of hydrogen-bond donors (Lipinski definition) is 0. The molecule has 0 aliphatic rings. The standard InChI is InChI=1S/C65H106O5/c1-4-7-10-13-16-19-22-25-28-31-33-35-37-40-43-46-49-52-55-58-64(66)69-62-63(61-68-60-57-54-51-48-45-42-39-36-32-29-26-23-20-17-14-11-8-5-2)70-65(67)59-56-53-50-47-44-41-38-34-30-27-24-21-18-15-12-9-6-3/h7,9-10,12,16,18-19,21,25-30,33,35,38,40-41,43,47,50,63H,4-6,8,11,13-15,17,20,22-24,31-32,34,36-37,39,42,44-46,48-49,51-62H2,1-3H3/b10-7-,12-9-,19-16-,21-18-,28-25-,29-26-,30-27-,35-33-,41-38-,43-40-,50-47-. The third kappa shape index (κ3) is 56.6. The van der Waals surface area contributed by atoms with E-state index in [4.69, 9.17) is 14.2 Å². The number of esters is 2. The molecule has 0 heterocycles. The number of rotatable bonds is 51. The lowest BCUT2D eigenvalue weighted by atomic mass is 10.1. The van der Waals surface area contributed by atoms with E-state index in [9.17, 15) is 9.59 Å². The summed E-state index contributed by atoms with van der Waals surface area (Å²) in [6.07, 6.45) is 84.8. The number of unbranched alkanes of at least 4 members (excludes halogenated alkanes) is 18. The first-order valence-electron chi connectivity index (χ1n) is 28.7. The molecule has 5 heteroatoms. The maximum atomic E-state index is 12.8. The molecule has 0 N–H and O–H groups in total. The maximum absolute atomic E-state index is 12.8. The highest BCUT2D eigenvalue weighted by Gasteiger charge is 2.17. The van der Waals surface area contributed by atoms with Crippen LogP contribution in [0.4, 0.5) is 0 Å². The molecule has 396 valence electrons. The van der Waals surface area contributed by atoms with Crippen molar-refractivity contribution in [2.75, 3.05) is 19.8 Å². The van der Waals surface area contributed by atoms with E-state index in [1.54, 1.807) is 0 Å². The van der Waals surface area contributed by atoms with Gasteiger partial charge in [0.05, 0.1) is 6.61 Å². The summed E-state index contributed by atoms with van der Waals surface area (Å²) in [6, 6.07) is 0. The summed E-state index contributed by atoms with van der Waals surface area (Å²) in [5.74, 6) is -0.509. The first-order chi connectivity index (χ1) is 34.6. The summed E-state index contributed by atoms with van der Waals surface area (Å²) in [5, 5.41) is 0. The van der Waals surface area contributed by atoms with Gasteiger partial charge in [0.2, 0.25) is 0 Å². The minimum atomic E-state index is -0.592.